The third-order valence-corrected chi connectivity index (χ3v) is 2.97. The van der Waals surface area contributed by atoms with Gasteiger partial charge in [0, 0.05) is 5.92 Å². The second-order valence-corrected chi connectivity index (χ2v) is 4.75. The largest absolute Gasteiger partial charge is 0.492 e. The summed E-state index contributed by atoms with van der Waals surface area (Å²) >= 11 is 0. The molecule has 0 N–H and O–H groups in total. The first kappa shape index (κ1) is 16.5. The zero-order valence-corrected chi connectivity index (χ0v) is 12.8. The Morgan fingerprint density at radius 1 is 1.20 bits per heavy atom. The summed E-state index contributed by atoms with van der Waals surface area (Å²) in [5.74, 6) is 1.34. The van der Waals surface area contributed by atoms with Gasteiger partial charge in [-0.25, -0.2) is 0 Å². The lowest BCUT2D eigenvalue weighted by atomic mass is 10.0. The van der Waals surface area contributed by atoms with Gasteiger partial charge in [0.1, 0.15) is 12.4 Å². The van der Waals surface area contributed by atoms with Crippen molar-refractivity contribution in [2.24, 2.45) is 0 Å². The summed E-state index contributed by atoms with van der Waals surface area (Å²) in [7, 11) is 0. The van der Waals surface area contributed by atoms with Gasteiger partial charge in [0.25, 0.3) is 0 Å². The third kappa shape index (κ3) is 6.58. The van der Waals surface area contributed by atoms with Crippen LogP contribution in [0.4, 0.5) is 0 Å². The van der Waals surface area contributed by atoms with Crippen LogP contribution in [0.1, 0.15) is 38.7 Å². The van der Waals surface area contributed by atoms with Gasteiger partial charge in [-0.2, -0.15) is 0 Å². The summed E-state index contributed by atoms with van der Waals surface area (Å²) in [6.45, 7) is 8.21. The molecule has 0 saturated carbocycles. The first-order chi connectivity index (χ1) is 9.77. The Morgan fingerprint density at radius 2 is 1.95 bits per heavy atom. The fourth-order valence-corrected chi connectivity index (χ4v) is 1.90. The standard InChI is InChI=1S/C18H26O2/c1-4-9-18(10-5-2)20-14-13-19-15-16(3)17-11-7-6-8-12-17/h4,6-12,16H,5,13-15H2,1-3H3/b9-4-,18-10+. The first-order valence-electron chi connectivity index (χ1n) is 7.36. The van der Waals surface area contributed by atoms with Crippen LogP contribution in [0.25, 0.3) is 0 Å². The topological polar surface area (TPSA) is 18.5 Å². The molecule has 1 aromatic carbocycles. The molecule has 0 fully saturated rings. The molecule has 20 heavy (non-hydrogen) atoms. The first-order valence-corrected chi connectivity index (χ1v) is 7.36. The molecule has 1 atom stereocenters. The van der Waals surface area contributed by atoms with Crippen molar-refractivity contribution >= 4 is 0 Å². The molecule has 0 heterocycles. The summed E-state index contributed by atoms with van der Waals surface area (Å²) in [4.78, 5) is 0. The number of hydrogen-bond donors (Lipinski definition) is 0. The van der Waals surface area contributed by atoms with Gasteiger partial charge in [-0.3, -0.25) is 0 Å². The van der Waals surface area contributed by atoms with E-state index in [1.165, 1.54) is 5.56 Å². The van der Waals surface area contributed by atoms with Crippen molar-refractivity contribution in [2.75, 3.05) is 19.8 Å². The number of rotatable bonds is 9. The molecule has 0 aliphatic carbocycles. The fourth-order valence-electron chi connectivity index (χ4n) is 1.90. The van der Waals surface area contributed by atoms with Crippen LogP contribution in [0.3, 0.4) is 0 Å². The summed E-state index contributed by atoms with van der Waals surface area (Å²) < 4.78 is 11.3. The van der Waals surface area contributed by atoms with Crippen LogP contribution >= 0.6 is 0 Å². The molecule has 0 aliphatic rings. The van der Waals surface area contributed by atoms with Crippen LogP contribution < -0.4 is 0 Å². The summed E-state index contributed by atoms with van der Waals surface area (Å²) in [5.41, 5.74) is 1.31. The average molecular weight is 274 g/mol. The molecule has 0 aliphatic heterocycles. The van der Waals surface area contributed by atoms with Crippen LogP contribution in [0, 0.1) is 0 Å². The Bertz CT molecular complexity index is 407. The van der Waals surface area contributed by atoms with Gasteiger partial charge in [-0.15, -0.1) is 0 Å². The van der Waals surface area contributed by atoms with Crippen LogP contribution in [0.5, 0.6) is 0 Å². The SMILES string of the molecule is C/C=C\C(=C/CC)OCCOCC(C)c1ccccc1. The van der Waals surface area contributed by atoms with E-state index >= 15 is 0 Å². The molecule has 1 rings (SSSR count). The van der Waals surface area contributed by atoms with E-state index in [1.54, 1.807) is 0 Å². The zero-order chi connectivity index (χ0) is 14.6. The molecule has 1 aromatic rings. The summed E-state index contributed by atoms with van der Waals surface area (Å²) in [6.07, 6.45) is 7.02. The highest BCUT2D eigenvalue weighted by molar-refractivity contribution is 5.18. The molecule has 0 radical (unpaired) electrons. The second-order valence-electron chi connectivity index (χ2n) is 4.75. The maximum absolute atomic E-state index is 5.68. The Balaban J connectivity index is 2.20. The van der Waals surface area contributed by atoms with Crippen LogP contribution in [0.15, 0.2) is 54.3 Å². The highest BCUT2D eigenvalue weighted by Crippen LogP contribution is 2.14. The highest BCUT2D eigenvalue weighted by atomic mass is 16.5. The van der Waals surface area contributed by atoms with Gasteiger partial charge >= 0.3 is 0 Å². The minimum atomic E-state index is 0.414. The van der Waals surface area contributed by atoms with Crippen molar-refractivity contribution in [2.45, 2.75) is 33.1 Å². The maximum atomic E-state index is 5.68. The zero-order valence-electron chi connectivity index (χ0n) is 12.8. The Kier molecular flexibility index (Phi) is 8.48. The molecule has 0 bridgehead atoms. The molecule has 0 saturated heterocycles. The Morgan fingerprint density at radius 3 is 2.60 bits per heavy atom. The lowest BCUT2D eigenvalue weighted by Crippen LogP contribution is -2.09. The van der Waals surface area contributed by atoms with Crippen molar-refractivity contribution in [1.29, 1.82) is 0 Å². The lowest BCUT2D eigenvalue weighted by molar-refractivity contribution is 0.0723. The Labute approximate surface area is 123 Å². The van der Waals surface area contributed by atoms with E-state index in [9.17, 15) is 0 Å². The molecule has 2 nitrogen and oxygen atoms in total. The minimum absolute atomic E-state index is 0.414. The molecule has 0 amide bonds. The van der Waals surface area contributed by atoms with Gasteiger partial charge in [0.15, 0.2) is 0 Å². The van der Waals surface area contributed by atoms with Crippen LogP contribution in [-0.2, 0) is 9.47 Å². The predicted molar refractivity (Wildman–Crippen MR) is 84.8 cm³/mol. The van der Waals surface area contributed by atoms with Crippen LogP contribution in [-0.4, -0.2) is 19.8 Å². The molecule has 0 spiro atoms. The molecule has 110 valence electrons. The average Bonchev–Trinajstić information content (AvgIpc) is 2.48. The van der Waals surface area contributed by atoms with E-state index in [-0.39, 0.29) is 0 Å². The van der Waals surface area contributed by atoms with Gasteiger partial charge in [0.05, 0.1) is 13.2 Å². The van der Waals surface area contributed by atoms with E-state index in [1.807, 2.05) is 25.1 Å². The number of benzene rings is 1. The summed E-state index contributed by atoms with van der Waals surface area (Å²) in [5, 5.41) is 0. The van der Waals surface area contributed by atoms with Crippen molar-refractivity contribution in [3.63, 3.8) is 0 Å². The summed E-state index contributed by atoms with van der Waals surface area (Å²) in [6, 6.07) is 10.4. The molecular formula is C18H26O2. The number of ether oxygens (including phenoxy) is 2. The monoisotopic (exact) mass is 274 g/mol. The molecule has 1 unspecified atom stereocenters. The minimum Gasteiger partial charge on any atom is -0.492 e. The van der Waals surface area contributed by atoms with E-state index in [0.29, 0.717) is 19.1 Å². The second kappa shape index (κ2) is 10.3. The van der Waals surface area contributed by atoms with Crippen molar-refractivity contribution in [3.8, 4) is 0 Å². The van der Waals surface area contributed by atoms with Crippen molar-refractivity contribution < 1.29 is 9.47 Å². The third-order valence-electron chi connectivity index (χ3n) is 2.97. The van der Waals surface area contributed by atoms with Gasteiger partial charge in [0.2, 0.25) is 0 Å². The van der Waals surface area contributed by atoms with E-state index in [2.05, 4.69) is 44.2 Å². The van der Waals surface area contributed by atoms with E-state index < -0.39 is 0 Å². The number of hydrogen-bond acceptors (Lipinski definition) is 2. The van der Waals surface area contributed by atoms with Gasteiger partial charge in [-0.1, -0.05) is 50.3 Å². The van der Waals surface area contributed by atoms with Crippen LogP contribution in [0.2, 0.25) is 0 Å². The molecule has 0 aromatic heterocycles. The smallest absolute Gasteiger partial charge is 0.115 e. The molecular weight excluding hydrogens is 248 g/mol. The quantitative estimate of drug-likeness (QED) is 0.369. The van der Waals surface area contributed by atoms with Gasteiger partial charge < -0.3 is 9.47 Å². The normalized spacial score (nSPS) is 13.7. The van der Waals surface area contributed by atoms with Crippen molar-refractivity contribution in [3.05, 3.63) is 59.9 Å². The highest BCUT2D eigenvalue weighted by Gasteiger charge is 2.04. The van der Waals surface area contributed by atoms with E-state index in [0.717, 1.165) is 18.8 Å². The predicted octanol–water partition coefficient (Wildman–Crippen LogP) is 4.69. The molecule has 2 heteroatoms. The Hall–Kier alpha value is -1.54. The van der Waals surface area contributed by atoms with Crippen molar-refractivity contribution in [1.82, 2.24) is 0 Å². The maximum Gasteiger partial charge on any atom is 0.115 e. The lowest BCUT2D eigenvalue weighted by Gasteiger charge is -2.13. The van der Waals surface area contributed by atoms with Gasteiger partial charge in [-0.05, 0) is 31.1 Å². The fraction of sp³-hybridized carbons (Fsp3) is 0.444. The van der Waals surface area contributed by atoms with E-state index in [4.69, 9.17) is 9.47 Å². The number of allylic oxidation sites excluding steroid dienone is 3.